The Bertz CT molecular complexity index is 201. The van der Waals surface area contributed by atoms with E-state index in [1.807, 2.05) is 7.11 Å². The summed E-state index contributed by atoms with van der Waals surface area (Å²) >= 11 is 0. The third-order valence-corrected chi connectivity index (χ3v) is 3.97. The van der Waals surface area contributed by atoms with Gasteiger partial charge in [-0.05, 0) is 50.7 Å². The fourth-order valence-electron chi connectivity index (χ4n) is 2.79. The maximum absolute atomic E-state index is 5.26. The van der Waals surface area contributed by atoms with Crippen LogP contribution >= 0.6 is 0 Å². The minimum absolute atomic E-state index is 0.715. The molecule has 108 valence electrons. The second-order valence-electron chi connectivity index (χ2n) is 6.05. The molecule has 0 radical (unpaired) electrons. The molecule has 0 saturated carbocycles. The standard InChI is InChI=1S/C15H32N2O/c1-5-15(11-16-10-13(2)3)17-8-6-14(7-9-17)12-18-4/h13-16H,5-12H2,1-4H3. The lowest BCUT2D eigenvalue weighted by Crippen LogP contribution is -2.46. The van der Waals surface area contributed by atoms with Gasteiger partial charge in [0.15, 0.2) is 0 Å². The second-order valence-corrected chi connectivity index (χ2v) is 6.05. The summed E-state index contributed by atoms with van der Waals surface area (Å²) in [4.78, 5) is 2.67. The fraction of sp³-hybridized carbons (Fsp3) is 1.00. The van der Waals surface area contributed by atoms with Gasteiger partial charge in [-0.3, -0.25) is 4.90 Å². The quantitative estimate of drug-likeness (QED) is 0.721. The monoisotopic (exact) mass is 256 g/mol. The summed E-state index contributed by atoms with van der Waals surface area (Å²) in [6, 6.07) is 0.715. The minimum Gasteiger partial charge on any atom is -0.384 e. The van der Waals surface area contributed by atoms with Crippen LogP contribution in [0.15, 0.2) is 0 Å². The van der Waals surface area contributed by atoms with E-state index in [0.29, 0.717) is 6.04 Å². The van der Waals surface area contributed by atoms with E-state index in [0.717, 1.165) is 31.5 Å². The Hall–Kier alpha value is -0.120. The van der Waals surface area contributed by atoms with Crippen LogP contribution in [0.3, 0.4) is 0 Å². The largest absolute Gasteiger partial charge is 0.384 e. The van der Waals surface area contributed by atoms with E-state index in [1.165, 1.54) is 32.4 Å². The van der Waals surface area contributed by atoms with Gasteiger partial charge in [-0.25, -0.2) is 0 Å². The zero-order valence-electron chi connectivity index (χ0n) is 12.7. The molecule has 1 saturated heterocycles. The third-order valence-electron chi connectivity index (χ3n) is 3.97. The number of rotatable bonds is 8. The summed E-state index contributed by atoms with van der Waals surface area (Å²) in [5.74, 6) is 1.53. The van der Waals surface area contributed by atoms with E-state index in [9.17, 15) is 0 Å². The normalized spacial score (nSPS) is 20.5. The Balaban J connectivity index is 2.25. The van der Waals surface area contributed by atoms with E-state index >= 15 is 0 Å². The lowest BCUT2D eigenvalue weighted by Gasteiger charge is -2.37. The van der Waals surface area contributed by atoms with E-state index in [2.05, 4.69) is 31.0 Å². The zero-order valence-corrected chi connectivity index (χ0v) is 12.7. The lowest BCUT2D eigenvalue weighted by molar-refractivity contribution is 0.0778. The molecule has 0 aromatic rings. The van der Waals surface area contributed by atoms with Crippen molar-refractivity contribution in [3.8, 4) is 0 Å². The Kier molecular flexibility index (Phi) is 7.87. The van der Waals surface area contributed by atoms with Crippen molar-refractivity contribution in [1.82, 2.24) is 10.2 Å². The summed E-state index contributed by atoms with van der Waals surface area (Å²) in [7, 11) is 1.82. The number of piperidine rings is 1. The summed E-state index contributed by atoms with van der Waals surface area (Å²) in [6.07, 6.45) is 3.85. The van der Waals surface area contributed by atoms with Crippen LogP contribution in [0.25, 0.3) is 0 Å². The number of ether oxygens (including phenoxy) is 1. The number of nitrogens with zero attached hydrogens (tertiary/aromatic N) is 1. The molecule has 0 spiro atoms. The van der Waals surface area contributed by atoms with Gasteiger partial charge in [0.2, 0.25) is 0 Å². The highest BCUT2D eigenvalue weighted by Gasteiger charge is 2.23. The molecule has 1 N–H and O–H groups in total. The van der Waals surface area contributed by atoms with Gasteiger partial charge in [-0.2, -0.15) is 0 Å². The topological polar surface area (TPSA) is 24.5 Å². The van der Waals surface area contributed by atoms with Gasteiger partial charge in [0.25, 0.3) is 0 Å². The molecule has 1 fully saturated rings. The van der Waals surface area contributed by atoms with Gasteiger partial charge < -0.3 is 10.1 Å². The summed E-state index contributed by atoms with van der Waals surface area (Å²) in [5, 5.41) is 3.60. The summed E-state index contributed by atoms with van der Waals surface area (Å²) < 4.78 is 5.26. The predicted octanol–water partition coefficient (Wildman–Crippen LogP) is 2.37. The van der Waals surface area contributed by atoms with E-state index in [4.69, 9.17) is 4.74 Å². The van der Waals surface area contributed by atoms with Crippen molar-refractivity contribution in [2.24, 2.45) is 11.8 Å². The summed E-state index contributed by atoms with van der Waals surface area (Å²) in [5.41, 5.74) is 0. The van der Waals surface area contributed by atoms with Crippen molar-refractivity contribution in [3.05, 3.63) is 0 Å². The predicted molar refractivity (Wildman–Crippen MR) is 78.0 cm³/mol. The van der Waals surface area contributed by atoms with Gasteiger partial charge >= 0.3 is 0 Å². The molecule has 0 aromatic heterocycles. The van der Waals surface area contributed by atoms with Crippen molar-refractivity contribution in [2.45, 2.75) is 46.1 Å². The lowest BCUT2D eigenvalue weighted by atomic mass is 9.96. The maximum atomic E-state index is 5.26. The smallest absolute Gasteiger partial charge is 0.0491 e. The highest BCUT2D eigenvalue weighted by molar-refractivity contribution is 4.79. The first kappa shape index (κ1) is 15.9. The number of nitrogens with one attached hydrogen (secondary N) is 1. The van der Waals surface area contributed by atoms with E-state index in [-0.39, 0.29) is 0 Å². The number of hydrogen-bond donors (Lipinski definition) is 1. The Morgan fingerprint density at radius 3 is 2.39 bits per heavy atom. The highest BCUT2D eigenvalue weighted by Crippen LogP contribution is 2.20. The van der Waals surface area contributed by atoms with Crippen molar-refractivity contribution >= 4 is 0 Å². The molecule has 3 heteroatoms. The van der Waals surface area contributed by atoms with Crippen molar-refractivity contribution in [2.75, 3.05) is 39.9 Å². The first-order valence-corrected chi connectivity index (χ1v) is 7.61. The third kappa shape index (κ3) is 5.68. The Labute approximate surface area is 113 Å². The summed E-state index contributed by atoms with van der Waals surface area (Å²) in [6.45, 7) is 12.6. The first-order chi connectivity index (χ1) is 8.67. The van der Waals surface area contributed by atoms with Crippen LogP contribution in [0.4, 0.5) is 0 Å². The zero-order chi connectivity index (χ0) is 13.4. The fourth-order valence-corrected chi connectivity index (χ4v) is 2.79. The van der Waals surface area contributed by atoms with Crippen molar-refractivity contribution in [1.29, 1.82) is 0 Å². The molecule has 0 aliphatic carbocycles. The Morgan fingerprint density at radius 2 is 1.89 bits per heavy atom. The van der Waals surface area contributed by atoms with Crippen LogP contribution in [0.1, 0.15) is 40.0 Å². The first-order valence-electron chi connectivity index (χ1n) is 7.61. The molecule has 0 bridgehead atoms. The molecule has 0 aromatic carbocycles. The number of likely N-dealkylation sites (tertiary alicyclic amines) is 1. The SMILES string of the molecule is CCC(CNCC(C)C)N1CCC(COC)CC1. The molecular weight excluding hydrogens is 224 g/mol. The highest BCUT2D eigenvalue weighted by atomic mass is 16.5. The van der Waals surface area contributed by atoms with Crippen LogP contribution < -0.4 is 5.32 Å². The molecule has 1 heterocycles. The second kappa shape index (κ2) is 8.89. The van der Waals surface area contributed by atoms with Crippen LogP contribution in [0, 0.1) is 11.8 Å². The molecule has 1 atom stereocenters. The Morgan fingerprint density at radius 1 is 1.22 bits per heavy atom. The van der Waals surface area contributed by atoms with Crippen molar-refractivity contribution < 1.29 is 4.74 Å². The number of hydrogen-bond acceptors (Lipinski definition) is 3. The molecule has 1 aliphatic rings. The van der Waals surface area contributed by atoms with Crippen LogP contribution in [0.5, 0.6) is 0 Å². The van der Waals surface area contributed by atoms with Gasteiger partial charge in [-0.15, -0.1) is 0 Å². The van der Waals surface area contributed by atoms with Gasteiger partial charge in [0.1, 0.15) is 0 Å². The van der Waals surface area contributed by atoms with Crippen LogP contribution in [0.2, 0.25) is 0 Å². The van der Waals surface area contributed by atoms with Gasteiger partial charge in [0.05, 0.1) is 0 Å². The molecule has 1 aliphatic heterocycles. The van der Waals surface area contributed by atoms with E-state index < -0.39 is 0 Å². The molecule has 1 rings (SSSR count). The average Bonchev–Trinajstić information content (AvgIpc) is 2.36. The van der Waals surface area contributed by atoms with Gasteiger partial charge in [-0.1, -0.05) is 20.8 Å². The van der Waals surface area contributed by atoms with Crippen LogP contribution in [-0.4, -0.2) is 50.8 Å². The average molecular weight is 256 g/mol. The van der Waals surface area contributed by atoms with Crippen molar-refractivity contribution in [3.63, 3.8) is 0 Å². The molecule has 1 unspecified atom stereocenters. The molecular formula is C15H32N2O. The van der Waals surface area contributed by atoms with E-state index in [1.54, 1.807) is 0 Å². The molecule has 3 nitrogen and oxygen atoms in total. The van der Waals surface area contributed by atoms with Gasteiger partial charge in [0, 0.05) is 26.3 Å². The molecule has 0 amide bonds. The number of methoxy groups -OCH3 is 1. The maximum Gasteiger partial charge on any atom is 0.0491 e. The minimum atomic E-state index is 0.715. The molecule has 18 heavy (non-hydrogen) atoms. The van der Waals surface area contributed by atoms with Crippen LogP contribution in [-0.2, 0) is 4.74 Å².